The maximum atomic E-state index is 6.24. The smallest absolute Gasteiger partial charge is 0.242 e. The molecule has 0 saturated heterocycles. The molecule has 0 atom stereocenters. The molecule has 0 aliphatic carbocycles. The van der Waals surface area contributed by atoms with E-state index in [4.69, 9.17) is 9.42 Å². The van der Waals surface area contributed by atoms with Gasteiger partial charge in [-0.05, 0) is 50.3 Å². The second-order valence-corrected chi connectivity index (χ2v) is 11.7. The molecular weight excluding hydrogens is 336 g/mol. The maximum Gasteiger partial charge on any atom is 0.242 e. The molecular formula is C22H24N2OSi. The summed E-state index contributed by atoms with van der Waals surface area (Å²) in [7, 11) is -1.73. The number of nitrogens with zero attached hydrogens (tertiary/aromatic N) is 2. The molecule has 26 heavy (non-hydrogen) atoms. The molecule has 4 heteroatoms. The molecule has 3 rings (SSSR count). The average molecular weight is 361 g/mol. The van der Waals surface area contributed by atoms with Crippen LogP contribution in [0, 0.1) is 6.92 Å². The highest BCUT2D eigenvalue weighted by atomic mass is 28.4. The predicted octanol–water partition coefficient (Wildman–Crippen LogP) is 5.77. The van der Waals surface area contributed by atoms with Gasteiger partial charge in [0.1, 0.15) is 11.4 Å². The first-order valence-electron chi connectivity index (χ1n) is 8.77. The van der Waals surface area contributed by atoms with Crippen molar-refractivity contribution in [2.24, 2.45) is 4.99 Å². The number of aromatic nitrogens is 1. The van der Waals surface area contributed by atoms with Crippen LogP contribution in [0.4, 0.5) is 5.69 Å². The predicted molar refractivity (Wildman–Crippen MR) is 111 cm³/mol. The highest BCUT2D eigenvalue weighted by Gasteiger charge is 2.18. The van der Waals surface area contributed by atoms with Crippen molar-refractivity contribution in [2.75, 3.05) is 0 Å². The third kappa shape index (κ3) is 4.67. The Morgan fingerprint density at radius 2 is 1.58 bits per heavy atom. The summed E-state index contributed by atoms with van der Waals surface area (Å²) >= 11 is 0. The zero-order valence-electron chi connectivity index (χ0n) is 15.7. The van der Waals surface area contributed by atoms with Crippen molar-refractivity contribution >= 4 is 19.7 Å². The molecule has 132 valence electrons. The molecule has 1 heterocycles. The molecule has 0 radical (unpaired) electrons. The van der Waals surface area contributed by atoms with E-state index in [1.165, 1.54) is 0 Å². The second-order valence-electron chi connectivity index (χ2n) is 7.23. The third-order valence-electron chi connectivity index (χ3n) is 3.71. The Labute approximate surface area is 156 Å². The quantitative estimate of drug-likeness (QED) is 0.427. The van der Waals surface area contributed by atoms with Crippen molar-refractivity contribution in [2.45, 2.75) is 26.6 Å². The van der Waals surface area contributed by atoms with Crippen molar-refractivity contribution in [3.05, 3.63) is 89.7 Å². The number of para-hydroxylation sites is 2. The third-order valence-corrected chi connectivity index (χ3v) is 4.55. The van der Waals surface area contributed by atoms with Gasteiger partial charge in [-0.2, -0.15) is 0 Å². The van der Waals surface area contributed by atoms with E-state index in [1.807, 2.05) is 61.7 Å². The number of aliphatic imine (C=N–C) groups is 1. The minimum atomic E-state index is -1.73. The maximum absolute atomic E-state index is 6.24. The number of hydrogen-bond donors (Lipinski definition) is 0. The van der Waals surface area contributed by atoms with Crippen LogP contribution >= 0.6 is 0 Å². The van der Waals surface area contributed by atoms with Crippen molar-refractivity contribution in [3.8, 4) is 5.75 Å². The highest BCUT2D eigenvalue weighted by molar-refractivity contribution is 6.70. The first-order valence-corrected chi connectivity index (χ1v) is 12.2. The van der Waals surface area contributed by atoms with E-state index in [2.05, 4.69) is 42.8 Å². The molecule has 0 unspecified atom stereocenters. The first-order chi connectivity index (χ1) is 12.4. The lowest BCUT2D eigenvalue weighted by molar-refractivity contribution is 0.559. The van der Waals surface area contributed by atoms with Crippen LogP contribution in [0.15, 0.2) is 77.9 Å². The Morgan fingerprint density at radius 3 is 2.23 bits per heavy atom. The minimum Gasteiger partial charge on any atom is -0.543 e. The summed E-state index contributed by atoms with van der Waals surface area (Å²) in [6.07, 6.45) is 1.87. The lowest BCUT2D eigenvalue weighted by atomic mass is 10.1. The Balaban J connectivity index is 2.13. The summed E-state index contributed by atoms with van der Waals surface area (Å²) in [5.74, 6) is 0.826. The molecule has 3 aromatic rings. The number of aryl methyl sites for hydroxylation is 1. The fraction of sp³-hybridized carbons (Fsp3) is 0.182. The van der Waals surface area contributed by atoms with E-state index in [-0.39, 0.29) is 0 Å². The van der Waals surface area contributed by atoms with E-state index in [9.17, 15) is 0 Å². The lowest BCUT2D eigenvalue weighted by Gasteiger charge is -2.20. The largest absolute Gasteiger partial charge is 0.543 e. The fourth-order valence-corrected chi connectivity index (χ4v) is 3.39. The van der Waals surface area contributed by atoms with Crippen LogP contribution in [0.5, 0.6) is 5.75 Å². The molecule has 0 aliphatic heterocycles. The summed E-state index contributed by atoms with van der Waals surface area (Å²) in [4.78, 5) is 9.56. The summed E-state index contributed by atoms with van der Waals surface area (Å²) in [6.45, 7) is 8.56. The second kappa shape index (κ2) is 7.66. The zero-order valence-corrected chi connectivity index (χ0v) is 16.7. The van der Waals surface area contributed by atoms with Gasteiger partial charge in [-0.1, -0.05) is 48.5 Å². The van der Waals surface area contributed by atoms with Gasteiger partial charge in [0, 0.05) is 11.8 Å². The highest BCUT2D eigenvalue weighted by Crippen LogP contribution is 2.30. The summed E-state index contributed by atoms with van der Waals surface area (Å²) < 4.78 is 6.24. The van der Waals surface area contributed by atoms with E-state index < -0.39 is 8.32 Å². The van der Waals surface area contributed by atoms with Gasteiger partial charge < -0.3 is 4.43 Å². The number of hydrogen-bond acceptors (Lipinski definition) is 3. The van der Waals surface area contributed by atoms with Crippen molar-refractivity contribution in [1.29, 1.82) is 0 Å². The Hall–Kier alpha value is -2.72. The number of benzene rings is 2. The summed E-state index contributed by atoms with van der Waals surface area (Å²) in [5, 5.41) is 0. The lowest BCUT2D eigenvalue weighted by Crippen LogP contribution is -2.29. The van der Waals surface area contributed by atoms with Gasteiger partial charge in [0.15, 0.2) is 0 Å². The van der Waals surface area contributed by atoms with Gasteiger partial charge in [0.25, 0.3) is 0 Å². The van der Waals surface area contributed by atoms with Crippen LogP contribution in [0.3, 0.4) is 0 Å². The summed E-state index contributed by atoms with van der Waals surface area (Å²) in [6, 6.07) is 22.2. The topological polar surface area (TPSA) is 34.5 Å². The van der Waals surface area contributed by atoms with Crippen LogP contribution in [0.1, 0.15) is 16.8 Å². The number of pyridine rings is 1. The van der Waals surface area contributed by atoms with Crippen LogP contribution in [0.2, 0.25) is 19.6 Å². The molecule has 3 nitrogen and oxygen atoms in total. The van der Waals surface area contributed by atoms with Gasteiger partial charge in [-0.25, -0.2) is 4.99 Å². The normalized spacial score (nSPS) is 12.1. The van der Waals surface area contributed by atoms with Gasteiger partial charge in [-0.15, -0.1) is 0 Å². The van der Waals surface area contributed by atoms with Crippen LogP contribution in [-0.4, -0.2) is 19.0 Å². The molecule has 0 N–H and O–H groups in total. The first kappa shape index (κ1) is 18.1. The van der Waals surface area contributed by atoms with Crippen molar-refractivity contribution < 1.29 is 4.43 Å². The van der Waals surface area contributed by atoms with Gasteiger partial charge in [0.05, 0.1) is 11.4 Å². The van der Waals surface area contributed by atoms with Crippen LogP contribution < -0.4 is 4.43 Å². The molecule has 0 saturated carbocycles. The Morgan fingerprint density at radius 1 is 0.885 bits per heavy atom. The molecule has 0 bridgehead atoms. The van der Waals surface area contributed by atoms with Crippen molar-refractivity contribution in [1.82, 2.24) is 4.98 Å². The fourth-order valence-electron chi connectivity index (χ4n) is 2.56. The Kier molecular flexibility index (Phi) is 5.33. The minimum absolute atomic E-state index is 0.826. The van der Waals surface area contributed by atoms with Gasteiger partial charge in [0.2, 0.25) is 8.32 Å². The van der Waals surface area contributed by atoms with E-state index in [1.54, 1.807) is 0 Å². The molecule has 1 aromatic heterocycles. The van der Waals surface area contributed by atoms with Gasteiger partial charge in [-0.3, -0.25) is 4.98 Å². The SMILES string of the molecule is Cc1ccc(C(=Nc2ccccc2O[Si](C)(C)C)c2ccccc2)nc1. The average Bonchev–Trinajstić information content (AvgIpc) is 2.61. The summed E-state index contributed by atoms with van der Waals surface area (Å²) in [5.41, 5.74) is 4.69. The molecule has 0 amide bonds. The zero-order chi connectivity index (χ0) is 18.6. The molecule has 0 spiro atoms. The van der Waals surface area contributed by atoms with E-state index in [0.717, 1.165) is 34.0 Å². The van der Waals surface area contributed by atoms with E-state index in [0.29, 0.717) is 0 Å². The van der Waals surface area contributed by atoms with Crippen LogP contribution in [-0.2, 0) is 0 Å². The Bertz CT molecular complexity index is 897. The monoisotopic (exact) mass is 360 g/mol. The molecule has 2 aromatic carbocycles. The number of rotatable bonds is 5. The van der Waals surface area contributed by atoms with Gasteiger partial charge >= 0.3 is 0 Å². The molecule has 0 fully saturated rings. The van der Waals surface area contributed by atoms with E-state index >= 15 is 0 Å². The molecule has 0 aliphatic rings. The van der Waals surface area contributed by atoms with Crippen molar-refractivity contribution in [3.63, 3.8) is 0 Å². The van der Waals surface area contributed by atoms with Crippen LogP contribution in [0.25, 0.3) is 0 Å². The standard InChI is InChI=1S/C22H24N2OSi/c1-17-14-15-20(23-16-17)22(18-10-6-5-7-11-18)24-19-12-8-9-13-21(19)25-26(2,3)4/h5-16H,1-4H3.